The van der Waals surface area contributed by atoms with Gasteiger partial charge in [-0.2, -0.15) is 0 Å². The van der Waals surface area contributed by atoms with Gasteiger partial charge in [-0.15, -0.1) is 0 Å². The van der Waals surface area contributed by atoms with Crippen molar-refractivity contribution in [3.63, 3.8) is 0 Å². The van der Waals surface area contributed by atoms with Gasteiger partial charge in [0.2, 0.25) is 5.91 Å². The van der Waals surface area contributed by atoms with Crippen molar-refractivity contribution in [2.45, 2.75) is 33.2 Å². The van der Waals surface area contributed by atoms with Crippen LogP contribution in [-0.2, 0) is 4.79 Å². The van der Waals surface area contributed by atoms with Gasteiger partial charge in [-0.05, 0) is 39.8 Å². The lowest BCUT2D eigenvalue weighted by Gasteiger charge is -2.20. The van der Waals surface area contributed by atoms with E-state index in [1.165, 1.54) is 0 Å². The summed E-state index contributed by atoms with van der Waals surface area (Å²) in [5.41, 5.74) is 7.16. The highest BCUT2D eigenvalue weighted by molar-refractivity contribution is 6.00. The van der Waals surface area contributed by atoms with Crippen LogP contribution in [0.3, 0.4) is 0 Å². The minimum atomic E-state index is -0.342. The van der Waals surface area contributed by atoms with Gasteiger partial charge in [0.15, 0.2) is 0 Å². The number of amides is 2. The molecule has 0 heterocycles. The molecule has 5 nitrogen and oxygen atoms in total. The number of anilines is 1. The lowest BCUT2D eigenvalue weighted by Crippen LogP contribution is -2.45. The van der Waals surface area contributed by atoms with Gasteiger partial charge in [-0.3, -0.25) is 9.59 Å². The fraction of sp³-hybridized carbons (Fsp3) is 0.429. The normalized spacial score (nSPS) is 10.9. The zero-order chi connectivity index (χ0) is 14.6. The van der Waals surface area contributed by atoms with E-state index >= 15 is 0 Å². The van der Waals surface area contributed by atoms with Crippen LogP contribution in [0.4, 0.5) is 5.69 Å². The van der Waals surface area contributed by atoms with Crippen LogP contribution in [0.2, 0.25) is 0 Å². The van der Waals surface area contributed by atoms with E-state index in [4.69, 9.17) is 5.73 Å². The summed E-state index contributed by atoms with van der Waals surface area (Å²) in [5.74, 6) is -0.572. The molecule has 0 fully saturated rings. The van der Waals surface area contributed by atoms with Gasteiger partial charge < -0.3 is 16.4 Å². The van der Waals surface area contributed by atoms with E-state index in [-0.39, 0.29) is 23.9 Å². The Morgan fingerprint density at radius 2 is 1.89 bits per heavy atom. The third-order valence-corrected chi connectivity index (χ3v) is 2.38. The monoisotopic (exact) mass is 263 g/mol. The van der Waals surface area contributed by atoms with Gasteiger partial charge in [0.1, 0.15) is 0 Å². The average Bonchev–Trinajstić information content (AvgIpc) is 2.27. The van der Waals surface area contributed by atoms with Crippen molar-refractivity contribution in [2.24, 2.45) is 0 Å². The molecule has 1 rings (SSSR count). The van der Waals surface area contributed by atoms with E-state index in [0.717, 1.165) is 5.56 Å². The molecule has 0 saturated heterocycles. The number of nitrogens with one attached hydrogen (secondary N) is 2. The molecule has 2 amide bonds. The summed E-state index contributed by atoms with van der Waals surface area (Å²) in [6.45, 7) is 7.45. The minimum absolute atomic E-state index is 0.0660. The Morgan fingerprint density at radius 3 is 2.47 bits per heavy atom. The van der Waals surface area contributed by atoms with E-state index in [2.05, 4.69) is 10.6 Å². The molecule has 0 aliphatic rings. The SMILES string of the molecule is Cc1ccc(N)c(C(=O)NCC(=O)NC(C)(C)C)c1. The second-order valence-corrected chi connectivity index (χ2v) is 5.57. The largest absolute Gasteiger partial charge is 0.398 e. The molecule has 0 aromatic heterocycles. The standard InChI is InChI=1S/C14H21N3O2/c1-9-5-6-11(15)10(7-9)13(19)16-8-12(18)17-14(2,3)4/h5-7H,8,15H2,1-4H3,(H,16,19)(H,17,18). The van der Waals surface area contributed by atoms with E-state index in [9.17, 15) is 9.59 Å². The molecular weight excluding hydrogens is 242 g/mol. The fourth-order valence-corrected chi connectivity index (χ4v) is 1.58. The van der Waals surface area contributed by atoms with Gasteiger partial charge in [0.25, 0.3) is 5.91 Å². The number of aryl methyl sites for hydroxylation is 1. The topological polar surface area (TPSA) is 84.2 Å². The number of benzene rings is 1. The number of rotatable bonds is 3. The fourth-order valence-electron chi connectivity index (χ4n) is 1.58. The molecule has 0 bridgehead atoms. The smallest absolute Gasteiger partial charge is 0.253 e. The van der Waals surface area contributed by atoms with Crippen LogP contribution in [0.25, 0.3) is 0 Å². The van der Waals surface area contributed by atoms with E-state index in [1.54, 1.807) is 12.1 Å². The molecule has 1 aromatic rings. The van der Waals surface area contributed by atoms with Crippen molar-refractivity contribution in [1.29, 1.82) is 0 Å². The summed E-state index contributed by atoms with van der Waals surface area (Å²) >= 11 is 0. The van der Waals surface area contributed by atoms with Crippen LogP contribution in [0.5, 0.6) is 0 Å². The molecule has 0 aliphatic carbocycles. The molecule has 4 N–H and O–H groups in total. The highest BCUT2D eigenvalue weighted by atomic mass is 16.2. The first-order valence-electron chi connectivity index (χ1n) is 6.14. The Hall–Kier alpha value is -2.04. The second-order valence-electron chi connectivity index (χ2n) is 5.57. The molecule has 0 unspecified atom stereocenters. The van der Waals surface area contributed by atoms with Crippen molar-refractivity contribution in [1.82, 2.24) is 10.6 Å². The average molecular weight is 263 g/mol. The van der Waals surface area contributed by atoms with Gasteiger partial charge in [-0.25, -0.2) is 0 Å². The van der Waals surface area contributed by atoms with E-state index < -0.39 is 0 Å². The van der Waals surface area contributed by atoms with Gasteiger partial charge in [-0.1, -0.05) is 11.6 Å². The maximum atomic E-state index is 11.9. The molecule has 5 heteroatoms. The van der Waals surface area contributed by atoms with Crippen LogP contribution in [0.1, 0.15) is 36.7 Å². The zero-order valence-electron chi connectivity index (χ0n) is 11.8. The third-order valence-electron chi connectivity index (χ3n) is 2.38. The maximum absolute atomic E-state index is 11.9. The Bertz CT molecular complexity index is 490. The van der Waals surface area contributed by atoms with Crippen LogP contribution in [-0.4, -0.2) is 23.9 Å². The first kappa shape index (κ1) is 15.0. The predicted octanol–water partition coefficient (Wildman–Crippen LogP) is 1.22. The van der Waals surface area contributed by atoms with Gasteiger partial charge >= 0.3 is 0 Å². The van der Waals surface area contributed by atoms with Crippen molar-refractivity contribution in [3.05, 3.63) is 29.3 Å². The molecule has 0 radical (unpaired) electrons. The molecular formula is C14H21N3O2. The number of hydrogen-bond donors (Lipinski definition) is 3. The summed E-state index contributed by atoms with van der Waals surface area (Å²) in [5, 5.41) is 5.33. The second kappa shape index (κ2) is 5.73. The number of carbonyl (C=O) groups excluding carboxylic acids is 2. The van der Waals surface area contributed by atoms with Gasteiger partial charge in [0, 0.05) is 11.2 Å². The van der Waals surface area contributed by atoms with Crippen LogP contribution in [0, 0.1) is 6.92 Å². The van der Waals surface area contributed by atoms with Crippen molar-refractivity contribution < 1.29 is 9.59 Å². The maximum Gasteiger partial charge on any atom is 0.253 e. The first-order valence-corrected chi connectivity index (χ1v) is 6.14. The van der Waals surface area contributed by atoms with Gasteiger partial charge in [0.05, 0.1) is 12.1 Å². The number of hydrogen-bond acceptors (Lipinski definition) is 3. The third kappa shape index (κ3) is 4.99. The molecule has 0 atom stereocenters. The summed E-state index contributed by atoms with van der Waals surface area (Å²) < 4.78 is 0. The van der Waals surface area contributed by atoms with Crippen molar-refractivity contribution in [3.8, 4) is 0 Å². The lowest BCUT2D eigenvalue weighted by atomic mass is 10.1. The number of carbonyl (C=O) groups is 2. The van der Waals surface area contributed by atoms with Crippen molar-refractivity contribution in [2.75, 3.05) is 12.3 Å². The van der Waals surface area contributed by atoms with Crippen LogP contribution < -0.4 is 16.4 Å². The lowest BCUT2D eigenvalue weighted by molar-refractivity contribution is -0.121. The highest BCUT2D eigenvalue weighted by Crippen LogP contribution is 2.13. The molecule has 1 aromatic carbocycles. The number of nitrogens with two attached hydrogens (primary N) is 1. The molecule has 0 saturated carbocycles. The molecule has 19 heavy (non-hydrogen) atoms. The Balaban J connectivity index is 2.61. The zero-order valence-corrected chi connectivity index (χ0v) is 11.8. The summed E-state index contributed by atoms with van der Waals surface area (Å²) in [6, 6.07) is 5.21. The number of nitrogen functional groups attached to an aromatic ring is 1. The molecule has 0 aliphatic heterocycles. The molecule has 0 spiro atoms. The summed E-state index contributed by atoms with van der Waals surface area (Å²) in [7, 11) is 0. The Morgan fingerprint density at radius 1 is 1.26 bits per heavy atom. The van der Waals surface area contributed by atoms with E-state index in [0.29, 0.717) is 11.3 Å². The minimum Gasteiger partial charge on any atom is -0.398 e. The highest BCUT2D eigenvalue weighted by Gasteiger charge is 2.15. The first-order chi connectivity index (χ1) is 8.69. The van der Waals surface area contributed by atoms with E-state index in [1.807, 2.05) is 33.8 Å². The summed E-state index contributed by atoms with van der Waals surface area (Å²) in [4.78, 5) is 23.5. The molecule has 104 valence electrons. The quantitative estimate of drug-likeness (QED) is 0.717. The Kier molecular flexibility index (Phi) is 4.53. The van der Waals surface area contributed by atoms with Crippen LogP contribution in [0.15, 0.2) is 18.2 Å². The van der Waals surface area contributed by atoms with Crippen molar-refractivity contribution >= 4 is 17.5 Å². The van der Waals surface area contributed by atoms with Crippen LogP contribution >= 0.6 is 0 Å². The summed E-state index contributed by atoms with van der Waals surface area (Å²) in [6.07, 6.45) is 0. The predicted molar refractivity (Wildman–Crippen MR) is 75.8 cm³/mol. The Labute approximate surface area is 113 Å².